The lowest BCUT2D eigenvalue weighted by molar-refractivity contribution is -0.135. The van der Waals surface area contributed by atoms with E-state index in [1.54, 1.807) is 13.8 Å². The molecule has 0 aliphatic heterocycles. The van der Waals surface area contributed by atoms with Crippen LogP contribution >= 0.6 is 0 Å². The van der Waals surface area contributed by atoms with Gasteiger partial charge in [0.1, 0.15) is 0 Å². The first-order valence-electron chi connectivity index (χ1n) is 5.60. The fourth-order valence-corrected chi connectivity index (χ4v) is 1.41. The van der Waals surface area contributed by atoms with E-state index in [0.717, 1.165) is 6.07 Å². The molecule has 0 atom stereocenters. The van der Waals surface area contributed by atoms with Crippen molar-refractivity contribution in [2.75, 3.05) is 13.7 Å². The standard InChI is InChI=1S/C13H17F2NO2/c1-13(2,8-17)16(3)11(18)7-9-5-4-6-10(14)12(9)15/h4-6,17H,7-8H2,1-3H3. The van der Waals surface area contributed by atoms with Crippen LogP contribution in [0.25, 0.3) is 0 Å². The number of nitrogens with zero attached hydrogens (tertiary/aromatic N) is 1. The Labute approximate surface area is 105 Å². The van der Waals surface area contributed by atoms with Gasteiger partial charge in [0, 0.05) is 12.6 Å². The smallest absolute Gasteiger partial charge is 0.227 e. The Hall–Kier alpha value is -1.49. The summed E-state index contributed by atoms with van der Waals surface area (Å²) in [6.45, 7) is 3.17. The minimum atomic E-state index is -0.999. The second-order valence-electron chi connectivity index (χ2n) is 4.81. The number of hydrogen-bond donors (Lipinski definition) is 1. The molecule has 1 aromatic carbocycles. The van der Waals surface area contributed by atoms with Crippen molar-refractivity contribution in [1.82, 2.24) is 4.90 Å². The van der Waals surface area contributed by atoms with Crippen LogP contribution in [0.4, 0.5) is 8.78 Å². The molecule has 0 saturated heterocycles. The second-order valence-corrected chi connectivity index (χ2v) is 4.81. The van der Waals surface area contributed by atoms with E-state index in [0.29, 0.717) is 0 Å². The van der Waals surface area contributed by atoms with Crippen LogP contribution in [0.3, 0.4) is 0 Å². The molecular formula is C13H17F2NO2. The van der Waals surface area contributed by atoms with Crippen LogP contribution in [-0.4, -0.2) is 35.1 Å². The normalized spacial score (nSPS) is 11.4. The largest absolute Gasteiger partial charge is 0.394 e. The van der Waals surface area contributed by atoms with Gasteiger partial charge in [0.05, 0.1) is 18.6 Å². The SMILES string of the molecule is CN(C(=O)Cc1cccc(F)c1F)C(C)(C)CO. The Kier molecular flexibility index (Phi) is 4.40. The molecule has 1 N–H and O–H groups in total. The van der Waals surface area contributed by atoms with Gasteiger partial charge in [0.2, 0.25) is 5.91 Å². The zero-order valence-electron chi connectivity index (χ0n) is 10.7. The van der Waals surface area contributed by atoms with E-state index in [2.05, 4.69) is 0 Å². The highest BCUT2D eigenvalue weighted by Crippen LogP contribution is 2.16. The zero-order chi connectivity index (χ0) is 13.9. The number of hydrogen-bond acceptors (Lipinski definition) is 2. The van der Waals surface area contributed by atoms with Crippen LogP contribution in [0.2, 0.25) is 0 Å². The number of aliphatic hydroxyl groups excluding tert-OH is 1. The summed E-state index contributed by atoms with van der Waals surface area (Å²) in [5.41, 5.74) is -0.721. The third-order valence-corrected chi connectivity index (χ3v) is 3.04. The Morgan fingerprint density at radius 1 is 1.39 bits per heavy atom. The van der Waals surface area contributed by atoms with Gasteiger partial charge in [0.25, 0.3) is 0 Å². The van der Waals surface area contributed by atoms with Crippen LogP contribution in [0.15, 0.2) is 18.2 Å². The van der Waals surface area contributed by atoms with Gasteiger partial charge in [-0.1, -0.05) is 12.1 Å². The number of carbonyl (C=O) groups excluding carboxylic acids is 1. The summed E-state index contributed by atoms with van der Waals surface area (Å²) in [5.74, 6) is -2.34. The maximum atomic E-state index is 13.4. The molecule has 0 aromatic heterocycles. The van der Waals surface area contributed by atoms with Crippen molar-refractivity contribution in [1.29, 1.82) is 0 Å². The molecule has 1 amide bonds. The van der Waals surface area contributed by atoms with E-state index < -0.39 is 17.2 Å². The molecule has 0 spiro atoms. The third kappa shape index (κ3) is 3.04. The molecule has 18 heavy (non-hydrogen) atoms. The molecule has 3 nitrogen and oxygen atoms in total. The molecule has 5 heteroatoms. The fraction of sp³-hybridized carbons (Fsp3) is 0.462. The van der Waals surface area contributed by atoms with E-state index in [9.17, 15) is 13.6 Å². The first-order chi connectivity index (χ1) is 8.29. The Bertz CT molecular complexity index is 447. The molecule has 100 valence electrons. The summed E-state index contributed by atoms with van der Waals surface area (Å²) in [6.07, 6.45) is -0.233. The number of halogens is 2. The van der Waals surface area contributed by atoms with Crippen molar-refractivity contribution in [2.24, 2.45) is 0 Å². The quantitative estimate of drug-likeness (QED) is 0.892. The van der Waals surface area contributed by atoms with Crippen molar-refractivity contribution in [2.45, 2.75) is 25.8 Å². The molecule has 0 unspecified atom stereocenters. The van der Waals surface area contributed by atoms with Crippen molar-refractivity contribution in [3.05, 3.63) is 35.4 Å². The van der Waals surface area contributed by atoms with Crippen LogP contribution in [0.1, 0.15) is 19.4 Å². The number of aliphatic hydroxyl groups is 1. The lowest BCUT2D eigenvalue weighted by atomic mass is 10.0. The highest BCUT2D eigenvalue weighted by molar-refractivity contribution is 5.79. The Balaban J connectivity index is 2.85. The summed E-state index contributed by atoms with van der Waals surface area (Å²) in [7, 11) is 1.52. The summed E-state index contributed by atoms with van der Waals surface area (Å²) >= 11 is 0. The number of carbonyl (C=O) groups is 1. The van der Waals surface area contributed by atoms with Gasteiger partial charge >= 0.3 is 0 Å². The highest BCUT2D eigenvalue weighted by Gasteiger charge is 2.27. The molecule has 0 fully saturated rings. The molecule has 0 heterocycles. The average Bonchev–Trinajstić information content (AvgIpc) is 2.33. The van der Waals surface area contributed by atoms with Gasteiger partial charge in [-0.05, 0) is 19.9 Å². The first kappa shape index (κ1) is 14.6. The van der Waals surface area contributed by atoms with Crippen molar-refractivity contribution < 1.29 is 18.7 Å². The molecular weight excluding hydrogens is 240 g/mol. The maximum Gasteiger partial charge on any atom is 0.227 e. The van der Waals surface area contributed by atoms with Crippen molar-refractivity contribution >= 4 is 5.91 Å². The summed E-state index contributed by atoms with van der Waals surface area (Å²) in [5, 5.41) is 9.15. The molecule has 0 aliphatic rings. The summed E-state index contributed by atoms with van der Waals surface area (Å²) in [6, 6.07) is 3.74. The van der Waals surface area contributed by atoms with E-state index >= 15 is 0 Å². The summed E-state index contributed by atoms with van der Waals surface area (Å²) in [4.78, 5) is 13.2. The second kappa shape index (κ2) is 5.44. The topological polar surface area (TPSA) is 40.5 Å². The molecule has 0 saturated carbocycles. The number of likely N-dealkylation sites (N-methyl/N-ethyl adjacent to an activating group) is 1. The Morgan fingerprint density at radius 2 is 2.00 bits per heavy atom. The van der Waals surface area contributed by atoms with Crippen molar-refractivity contribution in [3.63, 3.8) is 0 Å². The van der Waals surface area contributed by atoms with E-state index in [1.807, 2.05) is 0 Å². The lowest BCUT2D eigenvalue weighted by Gasteiger charge is -2.34. The minimum absolute atomic E-state index is 0.0144. The zero-order valence-corrected chi connectivity index (χ0v) is 10.7. The molecule has 0 bridgehead atoms. The van der Waals surface area contributed by atoms with Gasteiger partial charge in [-0.2, -0.15) is 0 Å². The van der Waals surface area contributed by atoms with Gasteiger partial charge in [-0.3, -0.25) is 4.79 Å². The lowest BCUT2D eigenvalue weighted by Crippen LogP contribution is -2.48. The molecule has 0 radical (unpaired) electrons. The van der Waals surface area contributed by atoms with E-state index in [1.165, 1.54) is 24.1 Å². The van der Waals surface area contributed by atoms with Gasteiger partial charge in [-0.25, -0.2) is 8.78 Å². The van der Waals surface area contributed by atoms with Gasteiger partial charge in [0.15, 0.2) is 11.6 Å². The van der Waals surface area contributed by atoms with Crippen LogP contribution < -0.4 is 0 Å². The third-order valence-electron chi connectivity index (χ3n) is 3.04. The number of rotatable bonds is 4. The van der Waals surface area contributed by atoms with Crippen LogP contribution in [0, 0.1) is 11.6 Å². The molecule has 1 aromatic rings. The van der Waals surface area contributed by atoms with Crippen LogP contribution in [0.5, 0.6) is 0 Å². The average molecular weight is 257 g/mol. The molecule has 1 rings (SSSR count). The monoisotopic (exact) mass is 257 g/mol. The summed E-state index contributed by atoms with van der Waals surface area (Å²) < 4.78 is 26.4. The van der Waals surface area contributed by atoms with Crippen LogP contribution in [-0.2, 0) is 11.2 Å². The van der Waals surface area contributed by atoms with E-state index in [-0.39, 0.29) is 24.5 Å². The van der Waals surface area contributed by atoms with Crippen molar-refractivity contribution in [3.8, 4) is 0 Å². The molecule has 0 aliphatic carbocycles. The predicted molar refractivity (Wildman–Crippen MR) is 64.0 cm³/mol. The number of amides is 1. The van der Waals surface area contributed by atoms with Gasteiger partial charge in [-0.15, -0.1) is 0 Å². The fourth-order valence-electron chi connectivity index (χ4n) is 1.41. The first-order valence-corrected chi connectivity index (χ1v) is 5.60. The highest BCUT2D eigenvalue weighted by atomic mass is 19.2. The minimum Gasteiger partial charge on any atom is -0.394 e. The Morgan fingerprint density at radius 3 is 2.56 bits per heavy atom. The number of benzene rings is 1. The van der Waals surface area contributed by atoms with Gasteiger partial charge < -0.3 is 10.0 Å². The van der Waals surface area contributed by atoms with E-state index in [4.69, 9.17) is 5.11 Å². The maximum absolute atomic E-state index is 13.4. The predicted octanol–water partition coefficient (Wildman–Crippen LogP) is 1.74.